The summed E-state index contributed by atoms with van der Waals surface area (Å²) in [5.74, 6) is 4.84. The van der Waals surface area contributed by atoms with Crippen molar-refractivity contribution in [1.29, 1.82) is 5.26 Å². The number of fused-ring (bicyclic) bond motifs is 1. The standard InChI is InChI=1S/C15H12N4OS/c16-8-10-2-1-3-13-12(10)6-7-19(13)9-11-4-5-14(21-11)15(20)18-17/h1-7H,9,17H2,(H,18,20). The van der Waals surface area contributed by atoms with Crippen LogP contribution in [0.1, 0.15) is 20.1 Å². The van der Waals surface area contributed by atoms with Gasteiger partial charge in [0.2, 0.25) is 0 Å². The Hall–Kier alpha value is -2.62. The number of nitrogens with two attached hydrogens (primary N) is 1. The lowest BCUT2D eigenvalue weighted by atomic mass is 10.1. The molecule has 104 valence electrons. The summed E-state index contributed by atoms with van der Waals surface area (Å²) in [6.07, 6.45) is 1.95. The first-order chi connectivity index (χ1) is 10.2. The molecular weight excluding hydrogens is 284 g/mol. The van der Waals surface area contributed by atoms with Crippen LogP contribution in [0.4, 0.5) is 0 Å². The Balaban J connectivity index is 1.94. The third kappa shape index (κ3) is 2.40. The fourth-order valence-corrected chi connectivity index (χ4v) is 3.19. The highest BCUT2D eigenvalue weighted by Gasteiger charge is 2.10. The van der Waals surface area contributed by atoms with Gasteiger partial charge in [-0.1, -0.05) is 6.07 Å². The summed E-state index contributed by atoms with van der Waals surface area (Å²) in [5.41, 5.74) is 3.80. The average molecular weight is 296 g/mol. The van der Waals surface area contributed by atoms with Crippen LogP contribution < -0.4 is 11.3 Å². The van der Waals surface area contributed by atoms with E-state index in [-0.39, 0.29) is 5.91 Å². The fourth-order valence-electron chi connectivity index (χ4n) is 2.28. The topological polar surface area (TPSA) is 83.8 Å². The van der Waals surface area contributed by atoms with Crippen LogP contribution >= 0.6 is 11.3 Å². The van der Waals surface area contributed by atoms with E-state index in [2.05, 4.69) is 16.1 Å². The van der Waals surface area contributed by atoms with Gasteiger partial charge in [-0.3, -0.25) is 10.2 Å². The molecule has 2 heterocycles. The van der Waals surface area contributed by atoms with E-state index >= 15 is 0 Å². The van der Waals surface area contributed by atoms with Crippen molar-refractivity contribution in [2.75, 3.05) is 0 Å². The zero-order chi connectivity index (χ0) is 14.8. The van der Waals surface area contributed by atoms with Crippen molar-refractivity contribution in [3.05, 3.63) is 57.9 Å². The van der Waals surface area contributed by atoms with Crippen molar-refractivity contribution in [2.45, 2.75) is 6.54 Å². The number of nitrogens with one attached hydrogen (secondary N) is 1. The Labute approximate surface area is 125 Å². The molecule has 0 saturated carbocycles. The maximum absolute atomic E-state index is 11.5. The van der Waals surface area contributed by atoms with Crippen molar-refractivity contribution in [2.24, 2.45) is 5.84 Å². The van der Waals surface area contributed by atoms with E-state index in [1.807, 2.05) is 36.5 Å². The number of aromatic nitrogens is 1. The molecule has 3 rings (SSSR count). The maximum atomic E-state index is 11.5. The number of nitrogen functional groups attached to an aromatic ring is 1. The van der Waals surface area contributed by atoms with Crippen LogP contribution in [0.15, 0.2) is 42.6 Å². The van der Waals surface area contributed by atoms with E-state index in [4.69, 9.17) is 11.1 Å². The summed E-state index contributed by atoms with van der Waals surface area (Å²) in [7, 11) is 0. The van der Waals surface area contributed by atoms with Crippen molar-refractivity contribution in [3.63, 3.8) is 0 Å². The minimum atomic E-state index is -0.282. The first kappa shape index (κ1) is 13.4. The number of rotatable bonds is 3. The molecule has 0 saturated heterocycles. The molecule has 0 radical (unpaired) electrons. The van der Waals surface area contributed by atoms with Gasteiger partial charge in [-0.15, -0.1) is 11.3 Å². The second-order valence-electron chi connectivity index (χ2n) is 4.53. The predicted molar refractivity (Wildman–Crippen MR) is 81.7 cm³/mol. The average Bonchev–Trinajstić information content (AvgIpc) is 3.14. The summed E-state index contributed by atoms with van der Waals surface area (Å²) in [6.45, 7) is 0.654. The van der Waals surface area contributed by atoms with Gasteiger partial charge in [0.15, 0.2) is 0 Å². The van der Waals surface area contributed by atoms with E-state index in [9.17, 15) is 4.79 Å². The first-order valence-corrected chi connectivity index (χ1v) is 7.12. The summed E-state index contributed by atoms with van der Waals surface area (Å²) < 4.78 is 2.06. The van der Waals surface area contributed by atoms with Gasteiger partial charge in [0.1, 0.15) is 0 Å². The smallest absolute Gasteiger partial charge is 0.275 e. The number of hydrogen-bond acceptors (Lipinski definition) is 4. The van der Waals surface area contributed by atoms with Gasteiger partial charge in [0, 0.05) is 22.0 Å². The normalized spacial score (nSPS) is 10.5. The Bertz CT molecular complexity index is 856. The highest BCUT2D eigenvalue weighted by atomic mass is 32.1. The highest BCUT2D eigenvalue weighted by Crippen LogP contribution is 2.23. The summed E-state index contributed by atoms with van der Waals surface area (Å²) in [4.78, 5) is 13.1. The van der Waals surface area contributed by atoms with Crippen LogP contribution in [0, 0.1) is 11.3 Å². The zero-order valence-electron chi connectivity index (χ0n) is 11.0. The molecule has 0 bridgehead atoms. The van der Waals surface area contributed by atoms with Gasteiger partial charge in [-0.25, -0.2) is 5.84 Å². The van der Waals surface area contributed by atoms with Crippen molar-refractivity contribution in [1.82, 2.24) is 9.99 Å². The largest absolute Gasteiger partial charge is 0.342 e. The number of carbonyl (C=O) groups excluding carboxylic acids is 1. The molecule has 3 aromatic rings. The monoisotopic (exact) mass is 296 g/mol. The molecule has 0 aliphatic rings. The Morgan fingerprint density at radius 1 is 1.33 bits per heavy atom. The highest BCUT2D eigenvalue weighted by molar-refractivity contribution is 7.14. The zero-order valence-corrected chi connectivity index (χ0v) is 11.9. The molecule has 0 spiro atoms. The van der Waals surface area contributed by atoms with Crippen molar-refractivity contribution < 1.29 is 4.79 Å². The molecule has 0 unspecified atom stereocenters. The molecule has 1 aromatic carbocycles. The van der Waals surface area contributed by atoms with E-state index in [0.717, 1.165) is 15.8 Å². The number of carbonyl (C=O) groups is 1. The Kier molecular flexibility index (Phi) is 3.44. The minimum Gasteiger partial charge on any atom is -0.342 e. The van der Waals surface area contributed by atoms with Crippen LogP contribution in [0.3, 0.4) is 0 Å². The molecular formula is C15H12N4OS. The van der Waals surface area contributed by atoms with Crippen LogP contribution in [0.2, 0.25) is 0 Å². The number of amides is 1. The van der Waals surface area contributed by atoms with Crippen LogP contribution in [-0.4, -0.2) is 10.5 Å². The van der Waals surface area contributed by atoms with Gasteiger partial charge in [0.05, 0.1) is 23.1 Å². The molecule has 0 fully saturated rings. The molecule has 0 atom stereocenters. The van der Waals surface area contributed by atoms with Gasteiger partial charge < -0.3 is 4.57 Å². The SMILES string of the molecule is N#Cc1cccc2c1ccn2Cc1ccc(C(=O)NN)s1. The predicted octanol–water partition coefficient (Wildman–Crippen LogP) is 2.23. The third-order valence-corrected chi connectivity index (χ3v) is 4.35. The molecule has 5 nitrogen and oxygen atoms in total. The lowest BCUT2D eigenvalue weighted by Crippen LogP contribution is -2.29. The number of nitrogens with zero attached hydrogens (tertiary/aromatic N) is 2. The molecule has 0 aliphatic heterocycles. The second-order valence-corrected chi connectivity index (χ2v) is 5.70. The maximum Gasteiger partial charge on any atom is 0.275 e. The number of benzene rings is 1. The lowest BCUT2D eigenvalue weighted by molar-refractivity contribution is 0.0957. The van der Waals surface area contributed by atoms with Crippen molar-refractivity contribution >= 4 is 28.1 Å². The molecule has 2 aromatic heterocycles. The Morgan fingerprint density at radius 3 is 2.95 bits per heavy atom. The number of nitriles is 1. The van der Waals surface area contributed by atoms with Gasteiger partial charge in [-0.05, 0) is 30.3 Å². The van der Waals surface area contributed by atoms with Crippen LogP contribution in [0.25, 0.3) is 10.9 Å². The minimum absolute atomic E-state index is 0.282. The molecule has 21 heavy (non-hydrogen) atoms. The van der Waals surface area contributed by atoms with E-state index in [1.165, 1.54) is 11.3 Å². The summed E-state index contributed by atoms with van der Waals surface area (Å²) in [6, 6.07) is 13.5. The number of thiophene rings is 1. The van der Waals surface area contributed by atoms with E-state index in [1.54, 1.807) is 6.07 Å². The summed E-state index contributed by atoms with van der Waals surface area (Å²) >= 11 is 1.40. The third-order valence-electron chi connectivity index (χ3n) is 3.28. The van der Waals surface area contributed by atoms with Crippen LogP contribution in [0.5, 0.6) is 0 Å². The van der Waals surface area contributed by atoms with Gasteiger partial charge in [-0.2, -0.15) is 5.26 Å². The quantitative estimate of drug-likeness (QED) is 0.441. The number of hydrogen-bond donors (Lipinski definition) is 2. The fraction of sp³-hybridized carbons (Fsp3) is 0.0667. The number of hydrazine groups is 1. The first-order valence-electron chi connectivity index (χ1n) is 6.30. The Morgan fingerprint density at radius 2 is 2.19 bits per heavy atom. The molecule has 6 heteroatoms. The van der Waals surface area contributed by atoms with E-state index in [0.29, 0.717) is 17.0 Å². The van der Waals surface area contributed by atoms with E-state index < -0.39 is 0 Å². The molecule has 0 aliphatic carbocycles. The molecule has 3 N–H and O–H groups in total. The van der Waals surface area contributed by atoms with Crippen molar-refractivity contribution in [3.8, 4) is 6.07 Å². The second kappa shape index (κ2) is 5.40. The molecule has 1 amide bonds. The van der Waals surface area contributed by atoms with Gasteiger partial charge >= 0.3 is 0 Å². The lowest BCUT2D eigenvalue weighted by Gasteiger charge is -2.03. The van der Waals surface area contributed by atoms with Gasteiger partial charge in [0.25, 0.3) is 5.91 Å². The summed E-state index contributed by atoms with van der Waals surface area (Å²) in [5, 5.41) is 10.1. The van der Waals surface area contributed by atoms with Crippen LogP contribution in [-0.2, 0) is 6.54 Å².